The molecule has 0 spiro atoms. The van der Waals surface area contributed by atoms with Gasteiger partial charge in [0.2, 0.25) is 0 Å². The minimum Gasteiger partial charge on any atom is -0.496 e. The first kappa shape index (κ1) is 19.3. The van der Waals surface area contributed by atoms with Crippen LogP contribution in [0.25, 0.3) is 5.65 Å². The van der Waals surface area contributed by atoms with E-state index in [2.05, 4.69) is 4.98 Å². The van der Waals surface area contributed by atoms with Gasteiger partial charge in [0.05, 0.1) is 24.5 Å². The second-order valence-electron chi connectivity index (χ2n) is 7.61. The molecule has 0 unspecified atom stereocenters. The molecule has 0 bridgehead atoms. The highest BCUT2D eigenvalue weighted by Crippen LogP contribution is 2.41. The number of ether oxygens (including phenoxy) is 2. The van der Waals surface area contributed by atoms with E-state index in [1.807, 2.05) is 36.4 Å². The highest BCUT2D eigenvalue weighted by atomic mass is 16.5. The number of nitrogens with zero attached hydrogens (tertiary/aromatic N) is 3. The first-order valence-electron chi connectivity index (χ1n) is 9.53. The fourth-order valence-electron chi connectivity index (χ4n) is 3.87. The number of fused-ring (bicyclic) bond motifs is 2. The molecule has 2 heterocycles. The van der Waals surface area contributed by atoms with Crippen molar-refractivity contribution >= 4 is 11.6 Å². The molecule has 1 N–H and O–H groups in total. The highest BCUT2D eigenvalue weighted by Gasteiger charge is 2.36. The molecular weight excluding hydrogens is 370 g/mol. The van der Waals surface area contributed by atoms with Gasteiger partial charge in [-0.25, -0.2) is 4.98 Å². The lowest BCUT2D eigenvalue weighted by Crippen LogP contribution is -2.23. The monoisotopic (exact) mass is 395 g/mol. The summed E-state index contributed by atoms with van der Waals surface area (Å²) in [6, 6.07) is 7.43. The molecule has 1 aliphatic rings. The van der Waals surface area contributed by atoms with Crippen LogP contribution in [0.2, 0.25) is 0 Å². The van der Waals surface area contributed by atoms with Gasteiger partial charge in [0.25, 0.3) is 5.91 Å². The molecule has 0 aliphatic heterocycles. The molecule has 29 heavy (non-hydrogen) atoms. The summed E-state index contributed by atoms with van der Waals surface area (Å²) >= 11 is 0. The minimum absolute atomic E-state index is 0.132. The van der Waals surface area contributed by atoms with E-state index in [9.17, 15) is 9.90 Å². The second kappa shape index (κ2) is 7.08. The van der Waals surface area contributed by atoms with Crippen LogP contribution in [0.4, 0.5) is 0 Å². The van der Waals surface area contributed by atoms with Gasteiger partial charge in [-0.1, -0.05) is 12.1 Å². The standard InChI is InChI=1S/C22H25N3O4/c1-12-13(2)25-11-15(22(27)24(3)4)10-18(21(25)23-12)29-20-16(26)9-14-7-6-8-17(28-5)19(14)20/h6-8,10-11,16,20,26H,9H2,1-5H3/t16-,20+/m0/s1. The number of aliphatic hydroxyl groups is 1. The first-order valence-corrected chi connectivity index (χ1v) is 9.53. The third kappa shape index (κ3) is 3.11. The zero-order valence-electron chi connectivity index (χ0n) is 17.3. The molecule has 2 atom stereocenters. The SMILES string of the molecule is COc1cccc2c1[C@H](Oc1cc(C(=O)N(C)C)cn3c(C)c(C)nc13)[C@@H](O)C2. The summed E-state index contributed by atoms with van der Waals surface area (Å²) in [5, 5.41) is 10.7. The van der Waals surface area contributed by atoms with Crippen LogP contribution < -0.4 is 9.47 Å². The molecule has 0 saturated heterocycles. The molecule has 7 nitrogen and oxygen atoms in total. The van der Waals surface area contributed by atoms with Gasteiger partial charge in [0.1, 0.15) is 5.75 Å². The van der Waals surface area contributed by atoms with Crippen LogP contribution in [-0.2, 0) is 6.42 Å². The summed E-state index contributed by atoms with van der Waals surface area (Å²) < 4.78 is 13.7. The number of methoxy groups -OCH3 is 1. The van der Waals surface area contributed by atoms with Crippen LogP contribution in [-0.4, -0.2) is 52.6 Å². The van der Waals surface area contributed by atoms with Gasteiger partial charge in [0, 0.05) is 38.0 Å². The van der Waals surface area contributed by atoms with Crippen molar-refractivity contribution in [3.05, 3.63) is 58.5 Å². The smallest absolute Gasteiger partial charge is 0.254 e. The predicted molar refractivity (Wildman–Crippen MR) is 109 cm³/mol. The normalized spacial score (nSPS) is 18.0. The first-order chi connectivity index (χ1) is 13.8. The Hall–Kier alpha value is -3.06. The number of aromatic nitrogens is 2. The Kier molecular flexibility index (Phi) is 4.70. The van der Waals surface area contributed by atoms with Gasteiger partial charge in [-0.2, -0.15) is 0 Å². The van der Waals surface area contributed by atoms with E-state index in [4.69, 9.17) is 9.47 Å². The van der Waals surface area contributed by atoms with Gasteiger partial charge in [-0.15, -0.1) is 0 Å². The fraction of sp³-hybridized carbons (Fsp3) is 0.364. The van der Waals surface area contributed by atoms with Crippen molar-refractivity contribution in [2.24, 2.45) is 0 Å². The van der Waals surface area contributed by atoms with Gasteiger partial charge in [-0.05, 0) is 31.5 Å². The maximum Gasteiger partial charge on any atom is 0.254 e. The number of carbonyl (C=O) groups is 1. The Morgan fingerprint density at radius 2 is 2.03 bits per heavy atom. The van der Waals surface area contributed by atoms with Gasteiger partial charge >= 0.3 is 0 Å². The fourth-order valence-corrected chi connectivity index (χ4v) is 3.87. The molecule has 4 rings (SSSR count). The summed E-state index contributed by atoms with van der Waals surface area (Å²) in [4.78, 5) is 18.8. The number of aliphatic hydroxyl groups excluding tert-OH is 1. The molecule has 7 heteroatoms. The molecule has 2 aromatic heterocycles. The number of hydrogen-bond donors (Lipinski definition) is 1. The number of aryl methyl sites for hydroxylation is 2. The van der Waals surface area contributed by atoms with E-state index in [0.29, 0.717) is 29.1 Å². The lowest BCUT2D eigenvalue weighted by atomic mass is 10.1. The third-order valence-corrected chi connectivity index (χ3v) is 5.51. The lowest BCUT2D eigenvalue weighted by Gasteiger charge is -2.21. The number of rotatable bonds is 4. The number of hydrogen-bond acceptors (Lipinski definition) is 5. The Labute approximate surface area is 169 Å². The maximum absolute atomic E-state index is 12.6. The van der Waals surface area contributed by atoms with E-state index >= 15 is 0 Å². The number of imidazole rings is 1. The topological polar surface area (TPSA) is 76.3 Å². The average molecular weight is 395 g/mol. The van der Waals surface area contributed by atoms with Crippen LogP contribution in [0.15, 0.2) is 30.5 Å². The number of benzene rings is 1. The maximum atomic E-state index is 12.6. The predicted octanol–water partition coefficient (Wildman–Crippen LogP) is 2.70. The second-order valence-corrected chi connectivity index (χ2v) is 7.61. The quantitative estimate of drug-likeness (QED) is 0.735. The lowest BCUT2D eigenvalue weighted by molar-refractivity contribution is 0.0489. The van der Waals surface area contributed by atoms with Crippen molar-refractivity contribution in [2.45, 2.75) is 32.5 Å². The summed E-state index contributed by atoms with van der Waals surface area (Å²) in [6.45, 7) is 3.87. The number of amides is 1. The molecule has 152 valence electrons. The van der Waals surface area contributed by atoms with Crippen molar-refractivity contribution in [1.29, 1.82) is 0 Å². The van der Waals surface area contributed by atoms with E-state index < -0.39 is 12.2 Å². The third-order valence-electron chi connectivity index (χ3n) is 5.51. The van der Waals surface area contributed by atoms with Crippen LogP contribution in [0, 0.1) is 13.8 Å². The van der Waals surface area contributed by atoms with Crippen molar-refractivity contribution in [1.82, 2.24) is 14.3 Å². The van der Waals surface area contributed by atoms with Crippen molar-refractivity contribution in [2.75, 3.05) is 21.2 Å². The largest absolute Gasteiger partial charge is 0.496 e. The Balaban J connectivity index is 1.85. The van der Waals surface area contributed by atoms with E-state index in [1.54, 1.807) is 33.5 Å². The average Bonchev–Trinajstić information content (AvgIpc) is 3.17. The molecule has 3 aromatic rings. The molecule has 1 aliphatic carbocycles. The van der Waals surface area contributed by atoms with E-state index in [1.165, 1.54) is 4.90 Å². The minimum atomic E-state index is -0.716. The highest BCUT2D eigenvalue weighted by molar-refractivity contribution is 5.94. The van der Waals surface area contributed by atoms with Crippen molar-refractivity contribution in [3.63, 3.8) is 0 Å². The summed E-state index contributed by atoms with van der Waals surface area (Å²) in [6.07, 6.45) is 0.939. The number of carbonyl (C=O) groups excluding carboxylic acids is 1. The van der Waals surface area contributed by atoms with E-state index in [0.717, 1.165) is 22.5 Å². The van der Waals surface area contributed by atoms with Crippen LogP contribution >= 0.6 is 0 Å². The summed E-state index contributed by atoms with van der Waals surface area (Å²) in [5.74, 6) is 1.00. The molecular formula is C22H25N3O4. The Bertz CT molecular complexity index is 1100. The van der Waals surface area contributed by atoms with Crippen LogP contribution in [0.3, 0.4) is 0 Å². The summed E-state index contributed by atoms with van der Waals surface area (Å²) in [7, 11) is 5.02. The van der Waals surface area contributed by atoms with Crippen molar-refractivity contribution < 1.29 is 19.4 Å². The van der Waals surface area contributed by atoms with Gasteiger partial charge in [-0.3, -0.25) is 4.79 Å². The molecule has 1 aromatic carbocycles. The molecule has 0 saturated carbocycles. The van der Waals surface area contributed by atoms with Gasteiger partial charge < -0.3 is 23.9 Å². The van der Waals surface area contributed by atoms with Gasteiger partial charge in [0.15, 0.2) is 17.5 Å². The van der Waals surface area contributed by atoms with Crippen LogP contribution in [0.5, 0.6) is 11.5 Å². The zero-order chi connectivity index (χ0) is 20.9. The molecule has 0 fully saturated rings. The van der Waals surface area contributed by atoms with E-state index in [-0.39, 0.29) is 5.91 Å². The Morgan fingerprint density at radius 1 is 1.28 bits per heavy atom. The number of pyridine rings is 1. The summed E-state index contributed by atoms with van der Waals surface area (Å²) in [5.41, 5.74) is 4.73. The zero-order valence-corrected chi connectivity index (χ0v) is 17.3. The van der Waals surface area contributed by atoms with Crippen molar-refractivity contribution in [3.8, 4) is 11.5 Å². The Morgan fingerprint density at radius 3 is 2.72 bits per heavy atom. The molecule has 1 amide bonds. The van der Waals surface area contributed by atoms with Crippen LogP contribution in [0.1, 0.15) is 39.0 Å². The molecule has 0 radical (unpaired) electrons.